The summed E-state index contributed by atoms with van der Waals surface area (Å²) in [5.74, 6) is 0.262. The predicted molar refractivity (Wildman–Crippen MR) is 124 cm³/mol. The van der Waals surface area contributed by atoms with Crippen LogP contribution in [0.15, 0.2) is 47.4 Å². The van der Waals surface area contributed by atoms with Crippen LogP contribution in [0.25, 0.3) is 0 Å². The summed E-state index contributed by atoms with van der Waals surface area (Å²) in [6.45, 7) is 5.50. The molecule has 33 heavy (non-hydrogen) atoms. The van der Waals surface area contributed by atoms with Crippen molar-refractivity contribution in [2.75, 3.05) is 69.4 Å². The Balaban J connectivity index is 1.56. The van der Waals surface area contributed by atoms with Crippen LogP contribution in [0.2, 0.25) is 0 Å². The third kappa shape index (κ3) is 5.64. The molecule has 1 amide bonds. The lowest BCUT2D eigenvalue weighted by Crippen LogP contribution is -2.40. The maximum Gasteiger partial charge on any atom is 0.262 e. The first-order valence-electron chi connectivity index (χ1n) is 11.0. The first-order valence-corrected chi connectivity index (χ1v) is 12.4. The van der Waals surface area contributed by atoms with E-state index in [1.54, 1.807) is 18.2 Å². The molecule has 0 bridgehead atoms. The zero-order chi connectivity index (χ0) is 23.3. The van der Waals surface area contributed by atoms with E-state index in [-0.39, 0.29) is 17.4 Å². The monoisotopic (exact) mass is 475 g/mol. The van der Waals surface area contributed by atoms with Gasteiger partial charge in [0.2, 0.25) is 10.0 Å². The topological polar surface area (TPSA) is 97.4 Å². The molecule has 2 saturated heterocycles. The molecular formula is C23H29N3O6S. The molecule has 2 aromatic rings. The summed E-state index contributed by atoms with van der Waals surface area (Å²) in [6, 6.07) is 12.3. The Morgan fingerprint density at radius 1 is 1.00 bits per heavy atom. The number of sulfonamides is 1. The number of hydrogen-bond acceptors (Lipinski definition) is 7. The number of carbonyl (C=O) groups excluding carboxylic acids is 1. The molecule has 0 aliphatic carbocycles. The lowest BCUT2D eigenvalue weighted by atomic mass is 10.2. The van der Waals surface area contributed by atoms with Gasteiger partial charge in [-0.1, -0.05) is 18.2 Å². The van der Waals surface area contributed by atoms with E-state index >= 15 is 0 Å². The Morgan fingerprint density at radius 2 is 1.67 bits per heavy atom. The van der Waals surface area contributed by atoms with Gasteiger partial charge in [-0.25, -0.2) is 8.42 Å². The second kappa shape index (κ2) is 10.5. The first-order chi connectivity index (χ1) is 15.9. The van der Waals surface area contributed by atoms with Crippen molar-refractivity contribution < 1.29 is 27.4 Å². The molecule has 0 atom stereocenters. The van der Waals surface area contributed by atoms with E-state index in [0.29, 0.717) is 64.0 Å². The quantitative estimate of drug-likeness (QED) is 0.653. The number of anilines is 2. The second-order valence-electron chi connectivity index (χ2n) is 7.90. The van der Waals surface area contributed by atoms with E-state index < -0.39 is 10.0 Å². The van der Waals surface area contributed by atoms with Crippen LogP contribution in [0.3, 0.4) is 0 Å². The van der Waals surface area contributed by atoms with Crippen molar-refractivity contribution in [3.05, 3.63) is 48.0 Å². The van der Waals surface area contributed by atoms with Gasteiger partial charge in [-0.05, 0) is 36.8 Å². The van der Waals surface area contributed by atoms with E-state index in [1.807, 2.05) is 25.1 Å². The molecule has 10 heteroatoms. The Labute approximate surface area is 194 Å². The van der Waals surface area contributed by atoms with Crippen LogP contribution < -0.4 is 15.0 Å². The Kier molecular flexibility index (Phi) is 7.49. The number of nitrogens with zero attached hydrogens (tertiary/aromatic N) is 2. The summed E-state index contributed by atoms with van der Waals surface area (Å²) in [4.78, 5) is 15.0. The minimum absolute atomic E-state index is 0.136. The van der Waals surface area contributed by atoms with Gasteiger partial charge in [0.25, 0.3) is 5.91 Å². The number of rotatable bonds is 7. The molecule has 0 spiro atoms. The summed E-state index contributed by atoms with van der Waals surface area (Å²) in [5, 5.41) is 2.86. The van der Waals surface area contributed by atoms with Crippen molar-refractivity contribution in [2.45, 2.75) is 11.8 Å². The van der Waals surface area contributed by atoms with E-state index in [4.69, 9.17) is 14.2 Å². The van der Waals surface area contributed by atoms with Crippen LogP contribution in [0, 0.1) is 6.92 Å². The first kappa shape index (κ1) is 23.5. The molecule has 2 aromatic carbocycles. The van der Waals surface area contributed by atoms with E-state index in [2.05, 4.69) is 10.2 Å². The number of morpholine rings is 2. The molecule has 0 aromatic heterocycles. The van der Waals surface area contributed by atoms with E-state index in [1.165, 1.54) is 10.4 Å². The predicted octanol–water partition coefficient (Wildman–Crippen LogP) is 1.87. The highest BCUT2D eigenvalue weighted by Gasteiger charge is 2.28. The molecule has 0 saturated carbocycles. The van der Waals surface area contributed by atoms with Gasteiger partial charge in [0, 0.05) is 26.2 Å². The highest BCUT2D eigenvalue weighted by molar-refractivity contribution is 7.89. The van der Waals surface area contributed by atoms with E-state index in [9.17, 15) is 13.2 Å². The Morgan fingerprint density at radius 3 is 2.36 bits per heavy atom. The average molecular weight is 476 g/mol. The van der Waals surface area contributed by atoms with Crippen LogP contribution >= 0.6 is 0 Å². The second-order valence-corrected chi connectivity index (χ2v) is 9.84. The number of benzene rings is 2. The minimum Gasteiger partial charge on any atom is -0.483 e. The Bertz CT molecular complexity index is 1080. The molecule has 2 aliphatic heterocycles. The normalized spacial score (nSPS) is 17.5. The fourth-order valence-electron chi connectivity index (χ4n) is 3.84. The van der Waals surface area contributed by atoms with Crippen LogP contribution in [-0.2, 0) is 24.3 Å². The summed E-state index contributed by atoms with van der Waals surface area (Å²) < 4.78 is 44.1. The van der Waals surface area contributed by atoms with Gasteiger partial charge < -0.3 is 24.4 Å². The van der Waals surface area contributed by atoms with Crippen LogP contribution in [0.5, 0.6) is 5.75 Å². The van der Waals surface area contributed by atoms with Crippen molar-refractivity contribution in [3.8, 4) is 5.75 Å². The fraction of sp³-hybridized carbons (Fsp3) is 0.435. The standard InChI is InChI=1S/C23H29N3O6S/c1-18-4-2-3-5-22(18)32-17-23(27)24-20-16-19(33(28,29)26-10-14-31-15-11-26)6-7-21(20)25-8-12-30-13-9-25/h2-7,16H,8-15,17H2,1H3,(H,24,27). The highest BCUT2D eigenvalue weighted by Crippen LogP contribution is 2.31. The SMILES string of the molecule is Cc1ccccc1OCC(=O)Nc1cc(S(=O)(=O)N2CCOCC2)ccc1N1CCOCC1. The lowest BCUT2D eigenvalue weighted by molar-refractivity contribution is -0.118. The number of hydrogen-bond donors (Lipinski definition) is 1. The average Bonchev–Trinajstić information content (AvgIpc) is 2.84. The molecule has 0 radical (unpaired) electrons. The molecule has 2 aliphatic rings. The summed E-state index contributed by atoms with van der Waals surface area (Å²) in [5.41, 5.74) is 2.12. The zero-order valence-corrected chi connectivity index (χ0v) is 19.5. The third-order valence-electron chi connectivity index (χ3n) is 5.65. The van der Waals surface area contributed by atoms with Gasteiger partial charge >= 0.3 is 0 Å². The van der Waals surface area contributed by atoms with Crippen molar-refractivity contribution in [3.63, 3.8) is 0 Å². The van der Waals surface area contributed by atoms with Crippen molar-refractivity contribution in [2.24, 2.45) is 0 Å². The van der Waals surface area contributed by atoms with Gasteiger partial charge in [-0.15, -0.1) is 0 Å². The van der Waals surface area contributed by atoms with Crippen LogP contribution in [0.4, 0.5) is 11.4 Å². The zero-order valence-electron chi connectivity index (χ0n) is 18.7. The fourth-order valence-corrected chi connectivity index (χ4v) is 5.27. The van der Waals surface area contributed by atoms with Gasteiger partial charge in [0.15, 0.2) is 6.61 Å². The number of ether oxygens (including phenoxy) is 3. The maximum absolute atomic E-state index is 13.2. The number of nitrogens with one attached hydrogen (secondary N) is 1. The third-order valence-corrected chi connectivity index (χ3v) is 7.55. The van der Waals surface area contributed by atoms with E-state index in [0.717, 1.165) is 11.3 Å². The largest absolute Gasteiger partial charge is 0.483 e. The van der Waals surface area contributed by atoms with Crippen molar-refractivity contribution in [1.29, 1.82) is 0 Å². The van der Waals surface area contributed by atoms with Gasteiger partial charge in [-0.3, -0.25) is 4.79 Å². The van der Waals surface area contributed by atoms with Crippen LogP contribution in [0.1, 0.15) is 5.56 Å². The molecule has 1 N–H and O–H groups in total. The molecule has 2 fully saturated rings. The number of para-hydroxylation sites is 1. The Hall–Kier alpha value is -2.66. The lowest BCUT2D eigenvalue weighted by Gasteiger charge is -2.31. The molecule has 9 nitrogen and oxygen atoms in total. The summed E-state index contributed by atoms with van der Waals surface area (Å²) in [7, 11) is -3.70. The summed E-state index contributed by atoms with van der Waals surface area (Å²) >= 11 is 0. The number of amides is 1. The van der Waals surface area contributed by atoms with Gasteiger partial charge in [0.1, 0.15) is 5.75 Å². The molecule has 0 unspecified atom stereocenters. The van der Waals surface area contributed by atoms with Gasteiger partial charge in [0.05, 0.1) is 42.7 Å². The molecule has 2 heterocycles. The minimum atomic E-state index is -3.70. The smallest absolute Gasteiger partial charge is 0.262 e. The molecule has 178 valence electrons. The number of aryl methyl sites for hydroxylation is 1. The summed E-state index contributed by atoms with van der Waals surface area (Å²) in [6.07, 6.45) is 0. The molecule has 4 rings (SSSR count). The highest BCUT2D eigenvalue weighted by atomic mass is 32.2. The maximum atomic E-state index is 13.2. The van der Waals surface area contributed by atoms with Crippen LogP contribution in [-0.4, -0.2) is 77.8 Å². The van der Waals surface area contributed by atoms with Crippen molar-refractivity contribution >= 4 is 27.3 Å². The van der Waals surface area contributed by atoms with Crippen molar-refractivity contribution in [1.82, 2.24) is 4.31 Å². The number of carbonyl (C=O) groups is 1. The van der Waals surface area contributed by atoms with Gasteiger partial charge in [-0.2, -0.15) is 4.31 Å². The molecular weight excluding hydrogens is 446 g/mol.